The minimum Gasteiger partial charge on any atom is -0.423 e. The van der Waals surface area contributed by atoms with Crippen molar-refractivity contribution in [2.45, 2.75) is 32.2 Å². The summed E-state index contributed by atoms with van der Waals surface area (Å²) in [6, 6.07) is 5.57. The molecule has 21 heavy (non-hydrogen) atoms. The minimum atomic E-state index is -0.0389. The Kier molecular flexibility index (Phi) is 3.70. The van der Waals surface area contributed by atoms with Crippen molar-refractivity contribution in [2.75, 3.05) is 5.32 Å². The number of amides is 1. The maximum atomic E-state index is 12.0. The number of carbonyl (C=O) groups is 1. The summed E-state index contributed by atoms with van der Waals surface area (Å²) in [5.41, 5.74) is 8.53. The molecule has 1 saturated carbocycles. The molecule has 1 unspecified atom stereocenters. The van der Waals surface area contributed by atoms with E-state index in [1.807, 2.05) is 25.1 Å². The molecule has 3 rings (SSSR count). The molecule has 0 aliphatic heterocycles. The van der Waals surface area contributed by atoms with Crippen molar-refractivity contribution < 1.29 is 9.21 Å². The van der Waals surface area contributed by atoms with Crippen LogP contribution in [-0.4, -0.2) is 22.1 Å². The lowest BCUT2D eigenvalue weighted by Crippen LogP contribution is -2.29. The van der Waals surface area contributed by atoms with Gasteiger partial charge >= 0.3 is 0 Å². The molecule has 110 valence electrons. The number of carbonyl (C=O) groups excluding carboxylic acids is 1. The van der Waals surface area contributed by atoms with Crippen LogP contribution in [0.15, 0.2) is 29.0 Å². The van der Waals surface area contributed by atoms with Gasteiger partial charge in [0.15, 0.2) is 0 Å². The van der Waals surface area contributed by atoms with Gasteiger partial charge in [0.1, 0.15) is 0 Å². The van der Waals surface area contributed by atoms with Crippen LogP contribution in [0.1, 0.15) is 24.8 Å². The summed E-state index contributed by atoms with van der Waals surface area (Å²) in [7, 11) is 0. The third kappa shape index (κ3) is 3.28. The van der Waals surface area contributed by atoms with Crippen LogP contribution in [0.4, 0.5) is 5.69 Å². The quantitative estimate of drug-likeness (QED) is 0.878. The topological polar surface area (TPSA) is 94.0 Å². The zero-order valence-corrected chi connectivity index (χ0v) is 11.9. The summed E-state index contributed by atoms with van der Waals surface area (Å²) in [6.07, 6.45) is 3.95. The molecular formula is C15H18N4O2. The summed E-state index contributed by atoms with van der Waals surface area (Å²) in [4.78, 5) is 12.0. The normalized spacial score (nSPS) is 15.7. The first-order valence-electron chi connectivity index (χ1n) is 7.06. The Bertz CT molecular complexity index is 635. The number of aromatic nitrogens is 2. The van der Waals surface area contributed by atoms with E-state index in [2.05, 4.69) is 15.5 Å². The van der Waals surface area contributed by atoms with Crippen LogP contribution in [0.2, 0.25) is 0 Å². The number of nitrogens with two attached hydrogens (primary N) is 1. The third-order valence-corrected chi connectivity index (χ3v) is 3.76. The Morgan fingerprint density at radius 1 is 1.52 bits per heavy atom. The van der Waals surface area contributed by atoms with Gasteiger partial charge in [-0.3, -0.25) is 4.79 Å². The zero-order chi connectivity index (χ0) is 14.8. The lowest BCUT2D eigenvalue weighted by atomic mass is 10.1. The number of nitrogens with one attached hydrogen (secondary N) is 1. The largest absolute Gasteiger partial charge is 0.423 e. The fourth-order valence-electron chi connectivity index (χ4n) is 2.34. The molecule has 1 atom stereocenters. The van der Waals surface area contributed by atoms with Crippen molar-refractivity contribution in [1.82, 2.24) is 10.2 Å². The SMILES string of the molecule is Cc1cc(-c2nnco2)ccc1NC(=O)CC(N)C1CC1. The van der Waals surface area contributed by atoms with Crippen molar-refractivity contribution in [3.63, 3.8) is 0 Å². The fourth-order valence-corrected chi connectivity index (χ4v) is 2.34. The molecule has 3 N–H and O–H groups in total. The molecule has 1 aliphatic carbocycles. The number of rotatable bonds is 5. The van der Waals surface area contributed by atoms with Crippen LogP contribution < -0.4 is 11.1 Å². The Hall–Kier alpha value is -2.21. The van der Waals surface area contributed by atoms with E-state index in [1.54, 1.807) is 0 Å². The second-order valence-corrected chi connectivity index (χ2v) is 5.53. The lowest BCUT2D eigenvalue weighted by molar-refractivity contribution is -0.116. The van der Waals surface area contributed by atoms with Gasteiger partial charge in [-0.05, 0) is 49.4 Å². The van der Waals surface area contributed by atoms with Gasteiger partial charge in [0.05, 0.1) is 0 Å². The molecule has 6 nitrogen and oxygen atoms in total. The van der Waals surface area contributed by atoms with Gasteiger partial charge in [0, 0.05) is 23.7 Å². The average Bonchev–Trinajstić information content (AvgIpc) is 3.16. The van der Waals surface area contributed by atoms with E-state index in [1.165, 1.54) is 6.39 Å². The number of aryl methyl sites for hydroxylation is 1. The highest BCUT2D eigenvalue weighted by molar-refractivity contribution is 5.92. The van der Waals surface area contributed by atoms with Crippen LogP contribution in [0, 0.1) is 12.8 Å². The average molecular weight is 286 g/mol. The highest BCUT2D eigenvalue weighted by Gasteiger charge is 2.29. The van der Waals surface area contributed by atoms with E-state index in [4.69, 9.17) is 10.2 Å². The van der Waals surface area contributed by atoms with Crippen molar-refractivity contribution in [3.05, 3.63) is 30.2 Å². The Labute approximate surface area is 122 Å². The van der Waals surface area contributed by atoms with Crippen LogP contribution in [-0.2, 0) is 4.79 Å². The van der Waals surface area contributed by atoms with E-state index in [0.717, 1.165) is 29.7 Å². The van der Waals surface area contributed by atoms with Gasteiger partial charge in [0.2, 0.25) is 18.2 Å². The maximum Gasteiger partial charge on any atom is 0.247 e. The first-order chi connectivity index (χ1) is 10.1. The lowest BCUT2D eigenvalue weighted by Gasteiger charge is -2.12. The molecule has 1 fully saturated rings. The van der Waals surface area contributed by atoms with Gasteiger partial charge in [-0.1, -0.05) is 0 Å². The second-order valence-electron chi connectivity index (χ2n) is 5.53. The summed E-state index contributed by atoms with van der Waals surface area (Å²) in [5, 5.41) is 10.4. The maximum absolute atomic E-state index is 12.0. The van der Waals surface area contributed by atoms with E-state index in [-0.39, 0.29) is 11.9 Å². The monoisotopic (exact) mass is 286 g/mol. The molecule has 1 aromatic heterocycles. The van der Waals surface area contributed by atoms with Crippen LogP contribution >= 0.6 is 0 Å². The molecule has 2 aromatic rings. The fraction of sp³-hybridized carbons (Fsp3) is 0.400. The van der Waals surface area contributed by atoms with Crippen LogP contribution in [0.25, 0.3) is 11.5 Å². The van der Waals surface area contributed by atoms with Crippen molar-refractivity contribution >= 4 is 11.6 Å². The number of hydrogen-bond acceptors (Lipinski definition) is 5. The van der Waals surface area contributed by atoms with Crippen LogP contribution in [0.3, 0.4) is 0 Å². The highest BCUT2D eigenvalue weighted by Crippen LogP contribution is 2.33. The van der Waals surface area contributed by atoms with Gasteiger partial charge in [0.25, 0.3) is 0 Å². The zero-order valence-electron chi connectivity index (χ0n) is 11.9. The molecule has 0 radical (unpaired) electrons. The number of anilines is 1. The standard InChI is InChI=1S/C15H18N4O2/c1-9-6-11(15-19-17-8-21-15)4-5-13(9)18-14(20)7-12(16)10-2-3-10/h4-6,8,10,12H,2-3,7,16H2,1H3,(H,18,20). The molecule has 1 aromatic carbocycles. The minimum absolute atomic E-state index is 0.0250. The number of nitrogens with zero attached hydrogens (tertiary/aromatic N) is 2. The molecule has 6 heteroatoms. The Morgan fingerprint density at radius 3 is 2.95 bits per heavy atom. The molecule has 0 bridgehead atoms. The summed E-state index contributed by atoms with van der Waals surface area (Å²) in [5.74, 6) is 0.950. The van der Waals surface area contributed by atoms with Gasteiger partial charge in [-0.25, -0.2) is 0 Å². The summed E-state index contributed by atoms with van der Waals surface area (Å²) in [6.45, 7) is 1.93. The van der Waals surface area contributed by atoms with E-state index in [9.17, 15) is 4.79 Å². The molecule has 0 saturated heterocycles. The van der Waals surface area contributed by atoms with E-state index in [0.29, 0.717) is 18.2 Å². The van der Waals surface area contributed by atoms with Crippen molar-refractivity contribution in [3.8, 4) is 11.5 Å². The number of benzene rings is 1. The van der Waals surface area contributed by atoms with Crippen molar-refractivity contribution in [1.29, 1.82) is 0 Å². The summed E-state index contributed by atoms with van der Waals surface area (Å²) >= 11 is 0. The first kappa shape index (κ1) is 13.8. The predicted octanol–water partition coefficient (Wildman–Crippen LogP) is 2.11. The second kappa shape index (κ2) is 5.65. The molecular weight excluding hydrogens is 268 g/mol. The Balaban J connectivity index is 1.66. The Morgan fingerprint density at radius 2 is 2.33 bits per heavy atom. The predicted molar refractivity (Wildman–Crippen MR) is 78.4 cm³/mol. The molecule has 1 amide bonds. The first-order valence-corrected chi connectivity index (χ1v) is 7.06. The van der Waals surface area contributed by atoms with E-state index >= 15 is 0 Å². The highest BCUT2D eigenvalue weighted by atomic mass is 16.4. The van der Waals surface area contributed by atoms with Crippen LogP contribution in [0.5, 0.6) is 0 Å². The smallest absolute Gasteiger partial charge is 0.247 e. The molecule has 0 spiro atoms. The van der Waals surface area contributed by atoms with Gasteiger partial charge < -0.3 is 15.5 Å². The molecule has 1 heterocycles. The molecule has 1 aliphatic rings. The van der Waals surface area contributed by atoms with Crippen molar-refractivity contribution in [2.24, 2.45) is 11.7 Å². The van der Waals surface area contributed by atoms with E-state index < -0.39 is 0 Å². The summed E-state index contributed by atoms with van der Waals surface area (Å²) < 4.78 is 5.16. The third-order valence-electron chi connectivity index (χ3n) is 3.76. The van der Waals surface area contributed by atoms with Gasteiger partial charge in [-0.2, -0.15) is 0 Å². The van der Waals surface area contributed by atoms with Gasteiger partial charge in [-0.15, -0.1) is 10.2 Å². The number of hydrogen-bond donors (Lipinski definition) is 2.